The van der Waals surface area contributed by atoms with E-state index in [1.807, 2.05) is 67.6 Å². The summed E-state index contributed by atoms with van der Waals surface area (Å²) >= 11 is 1.36. The fraction of sp³-hybridized carbons (Fsp3) is 0.0714. The summed E-state index contributed by atoms with van der Waals surface area (Å²) in [5, 5.41) is 11.6. The van der Waals surface area contributed by atoms with Gasteiger partial charge in [0.05, 0.1) is 12.7 Å². The number of ether oxygens (including phenoxy) is 2. The third-order valence-electron chi connectivity index (χ3n) is 5.75. The van der Waals surface area contributed by atoms with Gasteiger partial charge in [0.2, 0.25) is 5.78 Å². The molecule has 34 heavy (non-hydrogen) atoms. The summed E-state index contributed by atoms with van der Waals surface area (Å²) in [4.78, 5) is 25.5. The molecular formula is C28H20O5S. The van der Waals surface area contributed by atoms with Crippen LogP contribution in [0.4, 0.5) is 0 Å². The first-order valence-electron chi connectivity index (χ1n) is 10.6. The summed E-state index contributed by atoms with van der Waals surface area (Å²) in [6.07, 6.45) is 0. The van der Waals surface area contributed by atoms with Gasteiger partial charge in [-0.15, -0.1) is 11.3 Å². The molecule has 1 heterocycles. The molecule has 4 aromatic carbocycles. The van der Waals surface area contributed by atoms with E-state index in [2.05, 4.69) is 0 Å². The molecule has 0 fully saturated rings. The van der Waals surface area contributed by atoms with Crippen LogP contribution in [0.15, 0.2) is 78.9 Å². The number of carbonyl (C=O) groups excluding carboxylic acids is 1. The molecule has 5 rings (SSSR count). The van der Waals surface area contributed by atoms with Crippen LogP contribution in [-0.2, 0) is 0 Å². The number of aryl methyl sites for hydroxylation is 1. The molecule has 5 nitrogen and oxygen atoms in total. The number of carboxylic acids is 1. The second-order valence-corrected chi connectivity index (χ2v) is 8.92. The Balaban J connectivity index is 1.68. The molecular weight excluding hydrogens is 448 g/mol. The van der Waals surface area contributed by atoms with Crippen molar-refractivity contribution < 1.29 is 24.2 Å². The summed E-state index contributed by atoms with van der Waals surface area (Å²) in [5.41, 5.74) is 1.71. The second kappa shape index (κ2) is 8.65. The van der Waals surface area contributed by atoms with Crippen LogP contribution < -0.4 is 9.47 Å². The Bertz CT molecular complexity index is 1580. The fourth-order valence-electron chi connectivity index (χ4n) is 3.97. The quantitative estimate of drug-likeness (QED) is 0.269. The molecule has 0 aliphatic heterocycles. The molecule has 0 radical (unpaired) electrons. The molecule has 0 atom stereocenters. The van der Waals surface area contributed by atoms with Crippen LogP contribution in [0.5, 0.6) is 17.2 Å². The minimum atomic E-state index is -0.989. The van der Waals surface area contributed by atoms with Crippen molar-refractivity contribution in [2.24, 2.45) is 0 Å². The number of benzene rings is 4. The number of ketones is 1. The lowest BCUT2D eigenvalue weighted by Crippen LogP contribution is -2.03. The van der Waals surface area contributed by atoms with Gasteiger partial charge < -0.3 is 14.6 Å². The fourth-order valence-corrected chi connectivity index (χ4v) is 5.08. The van der Waals surface area contributed by atoms with Crippen molar-refractivity contribution >= 4 is 43.9 Å². The van der Waals surface area contributed by atoms with E-state index in [1.165, 1.54) is 11.3 Å². The number of methoxy groups -OCH3 is 1. The molecule has 5 aromatic rings. The van der Waals surface area contributed by atoms with Gasteiger partial charge in [0.25, 0.3) is 0 Å². The van der Waals surface area contributed by atoms with Crippen molar-refractivity contribution in [3.05, 3.63) is 100 Å². The van der Waals surface area contributed by atoms with Crippen LogP contribution in [0.3, 0.4) is 0 Å². The van der Waals surface area contributed by atoms with Gasteiger partial charge >= 0.3 is 5.97 Å². The average molecular weight is 469 g/mol. The molecule has 0 saturated carbocycles. The monoisotopic (exact) mass is 468 g/mol. The Hall–Kier alpha value is -4.16. The minimum Gasteiger partial charge on any atom is -0.497 e. The Morgan fingerprint density at radius 3 is 2.44 bits per heavy atom. The predicted octanol–water partition coefficient (Wildman–Crippen LogP) is 7.09. The second-order valence-electron chi connectivity index (χ2n) is 7.87. The zero-order chi connectivity index (χ0) is 23.8. The first kappa shape index (κ1) is 21.7. The van der Waals surface area contributed by atoms with E-state index in [9.17, 15) is 14.7 Å². The minimum absolute atomic E-state index is 0.110. The number of carbonyl (C=O) groups is 2. The van der Waals surface area contributed by atoms with Gasteiger partial charge in [0.1, 0.15) is 16.4 Å². The highest BCUT2D eigenvalue weighted by molar-refractivity contribution is 7.21. The summed E-state index contributed by atoms with van der Waals surface area (Å²) in [6.45, 7) is 1.91. The molecule has 0 saturated heterocycles. The van der Waals surface area contributed by atoms with E-state index in [0.29, 0.717) is 27.7 Å². The molecule has 0 amide bonds. The van der Waals surface area contributed by atoms with E-state index in [4.69, 9.17) is 9.47 Å². The van der Waals surface area contributed by atoms with Gasteiger partial charge in [-0.2, -0.15) is 0 Å². The Morgan fingerprint density at radius 1 is 0.882 bits per heavy atom. The lowest BCUT2D eigenvalue weighted by Gasteiger charge is -2.11. The Morgan fingerprint density at radius 2 is 1.68 bits per heavy atom. The largest absolute Gasteiger partial charge is 0.497 e. The number of hydrogen-bond acceptors (Lipinski definition) is 5. The third-order valence-corrected chi connectivity index (χ3v) is 6.88. The molecule has 0 spiro atoms. The van der Waals surface area contributed by atoms with Crippen LogP contribution in [0.2, 0.25) is 0 Å². The molecule has 0 aliphatic carbocycles. The maximum atomic E-state index is 13.6. The smallest absolute Gasteiger partial charge is 0.335 e. The van der Waals surface area contributed by atoms with Gasteiger partial charge in [-0.05, 0) is 60.3 Å². The van der Waals surface area contributed by atoms with Crippen molar-refractivity contribution in [1.82, 2.24) is 0 Å². The molecule has 1 aromatic heterocycles. The van der Waals surface area contributed by atoms with Crippen molar-refractivity contribution in [3.63, 3.8) is 0 Å². The normalized spacial score (nSPS) is 11.0. The molecule has 0 bridgehead atoms. The Labute approximate surface area is 199 Å². The summed E-state index contributed by atoms with van der Waals surface area (Å²) < 4.78 is 12.7. The zero-order valence-corrected chi connectivity index (χ0v) is 19.3. The zero-order valence-electron chi connectivity index (χ0n) is 18.5. The highest BCUT2D eigenvalue weighted by Gasteiger charge is 2.24. The summed E-state index contributed by atoms with van der Waals surface area (Å²) in [6, 6.07) is 23.5. The van der Waals surface area contributed by atoms with E-state index in [0.717, 1.165) is 26.4 Å². The summed E-state index contributed by atoms with van der Waals surface area (Å²) in [5.74, 6) is 0.620. The van der Waals surface area contributed by atoms with E-state index in [1.54, 1.807) is 25.3 Å². The molecule has 6 heteroatoms. The highest BCUT2D eigenvalue weighted by Crippen LogP contribution is 2.44. The number of hydrogen-bond donors (Lipinski definition) is 1. The van der Waals surface area contributed by atoms with Crippen molar-refractivity contribution in [2.45, 2.75) is 6.92 Å². The van der Waals surface area contributed by atoms with Crippen molar-refractivity contribution in [1.29, 1.82) is 0 Å². The van der Waals surface area contributed by atoms with Gasteiger partial charge in [-0.3, -0.25) is 4.79 Å². The predicted molar refractivity (Wildman–Crippen MR) is 134 cm³/mol. The van der Waals surface area contributed by atoms with Crippen molar-refractivity contribution in [3.8, 4) is 17.2 Å². The third kappa shape index (κ3) is 3.78. The van der Waals surface area contributed by atoms with Crippen LogP contribution in [0.25, 0.3) is 20.9 Å². The van der Waals surface area contributed by atoms with Crippen LogP contribution in [-0.4, -0.2) is 24.0 Å². The van der Waals surface area contributed by atoms with Gasteiger partial charge in [0.15, 0.2) is 5.75 Å². The SMILES string of the molecule is COc1ccc2c(Oc3cccc4cc(C(=O)O)ccc34)c(C(=O)c3ccccc3C)sc2c1. The number of thiophene rings is 1. The van der Waals surface area contributed by atoms with Crippen LogP contribution in [0, 0.1) is 6.92 Å². The molecule has 1 N–H and O–H groups in total. The number of aromatic carboxylic acids is 1. The molecule has 0 unspecified atom stereocenters. The highest BCUT2D eigenvalue weighted by atomic mass is 32.1. The lowest BCUT2D eigenvalue weighted by atomic mass is 10.0. The number of rotatable bonds is 6. The lowest BCUT2D eigenvalue weighted by molar-refractivity contribution is 0.0697. The van der Waals surface area contributed by atoms with E-state index in [-0.39, 0.29) is 11.3 Å². The van der Waals surface area contributed by atoms with Crippen LogP contribution in [0.1, 0.15) is 31.2 Å². The number of fused-ring (bicyclic) bond motifs is 2. The standard InChI is InChI=1S/C28H20O5S/c1-16-6-3-4-8-20(16)25(29)27-26(22-13-11-19(32-2)15-24(22)34-27)33-23-9-5-7-17-14-18(28(30)31)10-12-21(17)23/h3-15H,1-2H3,(H,30,31). The van der Waals surface area contributed by atoms with Gasteiger partial charge in [-0.1, -0.05) is 36.4 Å². The maximum absolute atomic E-state index is 13.6. The van der Waals surface area contributed by atoms with Gasteiger partial charge in [0, 0.05) is 21.0 Å². The van der Waals surface area contributed by atoms with E-state index < -0.39 is 5.97 Å². The maximum Gasteiger partial charge on any atom is 0.335 e. The van der Waals surface area contributed by atoms with Crippen LogP contribution >= 0.6 is 11.3 Å². The Kier molecular flexibility index (Phi) is 5.51. The van der Waals surface area contributed by atoms with Gasteiger partial charge in [-0.25, -0.2) is 4.79 Å². The van der Waals surface area contributed by atoms with E-state index >= 15 is 0 Å². The van der Waals surface area contributed by atoms with Crippen molar-refractivity contribution in [2.75, 3.05) is 7.11 Å². The number of carboxylic acid groups (broad SMARTS) is 1. The topological polar surface area (TPSA) is 72.8 Å². The average Bonchev–Trinajstić information content (AvgIpc) is 3.21. The summed E-state index contributed by atoms with van der Waals surface area (Å²) in [7, 11) is 1.60. The molecule has 168 valence electrons. The first-order valence-corrected chi connectivity index (χ1v) is 11.4. The first-order chi connectivity index (χ1) is 16.5. The molecule has 0 aliphatic rings.